The SMILES string of the molecule is Cc1nc(C)c(CN2CCC[C@@H](N(C)Cc3ccccn3)CC2)s1. The molecule has 4 nitrogen and oxygen atoms in total. The Morgan fingerprint density at radius 1 is 1.25 bits per heavy atom. The molecule has 2 aromatic rings. The number of likely N-dealkylation sites (tertiary alicyclic amines) is 1. The first-order valence-corrected chi connectivity index (χ1v) is 9.69. The highest BCUT2D eigenvalue weighted by molar-refractivity contribution is 7.11. The molecule has 0 N–H and O–H groups in total. The first-order valence-electron chi connectivity index (χ1n) is 8.87. The molecule has 1 fully saturated rings. The molecular formula is C19H28N4S. The van der Waals surface area contributed by atoms with Crippen molar-refractivity contribution in [2.45, 2.75) is 52.2 Å². The molecule has 0 aromatic carbocycles. The highest BCUT2D eigenvalue weighted by Gasteiger charge is 2.21. The van der Waals surface area contributed by atoms with Crippen molar-refractivity contribution in [1.82, 2.24) is 19.8 Å². The molecule has 3 heterocycles. The molecule has 1 atom stereocenters. The minimum Gasteiger partial charge on any atom is -0.298 e. The van der Waals surface area contributed by atoms with Gasteiger partial charge in [-0.15, -0.1) is 11.3 Å². The molecule has 5 heteroatoms. The molecule has 1 saturated heterocycles. The molecule has 130 valence electrons. The van der Waals surface area contributed by atoms with Gasteiger partial charge >= 0.3 is 0 Å². The predicted molar refractivity (Wildman–Crippen MR) is 100 cm³/mol. The van der Waals surface area contributed by atoms with Gasteiger partial charge in [-0.05, 0) is 58.8 Å². The van der Waals surface area contributed by atoms with Crippen molar-refractivity contribution in [2.75, 3.05) is 20.1 Å². The van der Waals surface area contributed by atoms with E-state index in [1.807, 2.05) is 23.6 Å². The van der Waals surface area contributed by atoms with Crippen molar-refractivity contribution < 1.29 is 0 Å². The van der Waals surface area contributed by atoms with E-state index in [4.69, 9.17) is 0 Å². The molecular weight excluding hydrogens is 316 g/mol. The third-order valence-electron chi connectivity index (χ3n) is 4.92. The van der Waals surface area contributed by atoms with Crippen molar-refractivity contribution in [3.8, 4) is 0 Å². The van der Waals surface area contributed by atoms with Gasteiger partial charge in [0.1, 0.15) is 0 Å². The van der Waals surface area contributed by atoms with Gasteiger partial charge in [0.05, 0.1) is 16.4 Å². The summed E-state index contributed by atoms with van der Waals surface area (Å²) in [5.74, 6) is 0. The zero-order chi connectivity index (χ0) is 16.9. The van der Waals surface area contributed by atoms with Crippen LogP contribution in [0.2, 0.25) is 0 Å². The summed E-state index contributed by atoms with van der Waals surface area (Å²) < 4.78 is 0. The Bertz CT molecular complexity index is 640. The molecule has 0 spiro atoms. The summed E-state index contributed by atoms with van der Waals surface area (Å²) in [6, 6.07) is 6.83. The third-order valence-corrected chi connectivity index (χ3v) is 5.98. The molecule has 0 aliphatic carbocycles. The fourth-order valence-electron chi connectivity index (χ4n) is 3.54. The van der Waals surface area contributed by atoms with E-state index in [-0.39, 0.29) is 0 Å². The number of hydrogen-bond acceptors (Lipinski definition) is 5. The van der Waals surface area contributed by atoms with Crippen molar-refractivity contribution in [1.29, 1.82) is 0 Å². The van der Waals surface area contributed by atoms with Crippen LogP contribution in [0.5, 0.6) is 0 Å². The Kier molecular flexibility index (Phi) is 5.98. The molecule has 1 aliphatic heterocycles. The molecule has 2 aromatic heterocycles. The maximum atomic E-state index is 4.57. The summed E-state index contributed by atoms with van der Waals surface area (Å²) in [6.45, 7) is 8.62. The quantitative estimate of drug-likeness (QED) is 0.829. The highest BCUT2D eigenvalue weighted by Crippen LogP contribution is 2.23. The maximum Gasteiger partial charge on any atom is 0.0900 e. The summed E-state index contributed by atoms with van der Waals surface area (Å²) >= 11 is 1.85. The van der Waals surface area contributed by atoms with Gasteiger partial charge in [0.2, 0.25) is 0 Å². The zero-order valence-corrected chi connectivity index (χ0v) is 15.9. The van der Waals surface area contributed by atoms with Gasteiger partial charge in [-0.2, -0.15) is 0 Å². The van der Waals surface area contributed by atoms with Crippen molar-refractivity contribution in [2.24, 2.45) is 0 Å². The van der Waals surface area contributed by atoms with E-state index in [2.05, 4.69) is 52.8 Å². The monoisotopic (exact) mass is 344 g/mol. The van der Waals surface area contributed by atoms with E-state index in [0.29, 0.717) is 6.04 Å². The number of rotatable bonds is 5. The molecule has 24 heavy (non-hydrogen) atoms. The number of thiazole rings is 1. The average Bonchev–Trinajstić information content (AvgIpc) is 2.76. The summed E-state index contributed by atoms with van der Waals surface area (Å²) in [4.78, 5) is 15.6. The van der Waals surface area contributed by atoms with Crippen LogP contribution in [0.25, 0.3) is 0 Å². The highest BCUT2D eigenvalue weighted by atomic mass is 32.1. The van der Waals surface area contributed by atoms with Crippen LogP contribution in [0.3, 0.4) is 0 Å². The van der Waals surface area contributed by atoms with Gasteiger partial charge in [-0.25, -0.2) is 4.98 Å². The van der Waals surface area contributed by atoms with Crippen LogP contribution in [-0.2, 0) is 13.1 Å². The first kappa shape index (κ1) is 17.5. The van der Waals surface area contributed by atoms with E-state index in [9.17, 15) is 0 Å². The van der Waals surface area contributed by atoms with E-state index in [1.165, 1.54) is 47.9 Å². The largest absolute Gasteiger partial charge is 0.298 e. The number of hydrogen-bond donors (Lipinski definition) is 0. The van der Waals surface area contributed by atoms with E-state index < -0.39 is 0 Å². The number of aromatic nitrogens is 2. The molecule has 0 amide bonds. The Balaban J connectivity index is 1.53. The van der Waals surface area contributed by atoms with Crippen molar-refractivity contribution in [3.05, 3.63) is 45.7 Å². The van der Waals surface area contributed by atoms with Crippen LogP contribution in [-0.4, -0.2) is 45.9 Å². The van der Waals surface area contributed by atoms with Crippen LogP contribution in [0, 0.1) is 13.8 Å². The van der Waals surface area contributed by atoms with Gasteiger partial charge in [0.15, 0.2) is 0 Å². The van der Waals surface area contributed by atoms with Gasteiger partial charge in [0.25, 0.3) is 0 Å². The smallest absolute Gasteiger partial charge is 0.0900 e. The predicted octanol–water partition coefficient (Wildman–Crippen LogP) is 3.64. The Morgan fingerprint density at radius 3 is 2.83 bits per heavy atom. The Morgan fingerprint density at radius 2 is 2.12 bits per heavy atom. The van der Waals surface area contributed by atoms with Gasteiger partial charge < -0.3 is 0 Å². The van der Waals surface area contributed by atoms with E-state index in [1.54, 1.807) is 0 Å². The maximum absolute atomic E-state index is 4.57. The summed E-state index contributed by atoms with van der Waals surface area (Å²) in [5.41, 5.74) is 2.38. The van der Waals surface area contributed by atoms with E-state index >= 15 is 0 Å². The molecule has 1 aliphatic rings. The van der Waals surface area contributed by atoms with Crippen LogP contribution in [0.1, 0.15) is 40.5 Å². The van der Waals surface area contributed by atoms with Crippen LogP contribution >= 0.6 is 11.3 Å². The molecule has 0 radical (unpaired) electrons. The first-order chi connectivity index (χ1) is 11.6. The number of pyridine rings is 1. The lowest BCUT2D eigenvalue weighted by Crippen LogP contribution is -2.32. The summed E-state index contributed by atoms with van der Waals surface area (Å²) in [6.07, 6.45) is 5.67. The lowest BCUT2D eigenvalue weighted by molar-refractivity contribution is 0.204. The normalized spacial score (nSPS) is 19.6. The second-order valence-electron chi connectivity index (χ2n) is 6.84. The van der Waals surface area contributed by atoms with Crippen LogP contribution in [0.4, 0.5) is 0 Å². The molecule has 0 bridgehead atoms. The zero-order valence-electron chi connectivity index (χ0n) is 15.0. The second-order valence-corrected chi connectivity index (χ2v) is 8.13. The van der Waals surface area contributed by atoms with Gasteiger partial charge in [-0.1, -0.05) is 6.07 Å². The average molecular weight is 345 g/mol. The number of aryl methyl sites for hydroxylation is 2. The van der Waals surface area contributed by atoms with Gasteiger partial charge in [-0.3, -0.25) is 14.8 Å². The lowest BCUT2D eigenvalue weighted by atomic mass is 10.1. The summed E-state index contributed by atoms with van der Waals surface area (Å²) in [5, 5.41) is 1.19. The van der Waals surface area contributed by atoms with Crippen LogP contribution < -0.4 is 0 Å². The molecule has 3 rings (SSSR count). The topological polar surface area (TPSA) is 32.3 Å². The van der Waals surface area contributed by atoms with Crippen molar-refractivity contribution in [3.63, 3.8) is 0 Å². The fraction of sp³-hybridized carbons (Fsp3) is 0.579. The molecule has 0 saturated carbocycles. The minimum absolute atomic E-state index is 0.654. The fourth-order valence-corrected chi connectivity index (χ4v) is 4.52. The number of nitrogens with zero attached hydrogens (tertiary/aromatic N) is 4. The second kappa shape index (κ2) is 8.19. The standard InChI is InChI=1S/C19H28N4S/c1-15-19(24-16(2)21-15)14-23-11-6-8-18(9-12-23)22(3)13-17-7-4-5-10-20-17/h4-5,7,10,18H,6,8-9,11-14H2,1-3H3/t18-/m1/s1. The van der Waals surface area contributed by atoms with E-state index in [0.717, 1.165) is 18.8 Å². The van der Waals surface area contributed by atoms with Crippen molar-refractivity contribution >= 4 is 11.3 Å². The molecule has 0 unspecified atom stereocenters. The summed E-state index contributed by atoms with van der Waals surface area (Å²) in [7, 11) is 2.24. The van der Waals surface area contributed by atoms with Gasteiger partial charge in [0, 0.05) is 36.8 Å². The lowest BCUT2D eigenvalue weighted by Gasteiger charge is -2.27. The minimum atomic E-state index is 0.654. The third kappa shape index (κ3) is 4.62. The Labute approximate surface area is 149 Å². The van der Waals surface area contributed by atoms with Crippen LogP contribution in [0.15, 0.2) is 24.4 Å². The Hall–Kier alpha value is -1.30.